The van der Waals surface area contributed by atoms with Gasteiger partial charge < -0.3 is 20.3 Å². The van der Waals surface area contributed by atoms with Crippen molar-refractivity contribution in [3.05, 3.63) is 28.3 Å². The number of benzene rings is 1. The van der Waals surface area contributed by atoms with Gasteiger partial charge in [0, 0.05) is 19.2 Å². The number of nitro groups is 1. The van der Waals surface area contributed by atoms with E-state index in [1.165, 1.54) is 18.2 Å². The smallest absolute Gasteiger partial charge is 0.292 e. The SMILES string of the molecule is CNc1cc(OC[C@H](O)CO)ccc1[N+](=O)[O-]. The van der Waals surface area contributed by atoms with E-state index in [0.29, 0.717) is 11.4 Å². The molecule has 1 aromatic rings. The molecule has 1 rings (SSSR count). The minimum atomic E-state index is -0.969. The lowest BCUT2D eigenvalue weighted by Crippen LogP contribution is -2.21. The summed E-state index contributed by atoms with van der Waals surface area (Å²) in [4.78, 5) is 10.2. The summed E-state index contributed by atoms with van der Waals surface area (Å²) in [5.74, 6) is 0.382. The van der Waals surface area contributed by atoms with Gasteiger partial charge >= 0.3 is 0 Å². The summed E-state index contributed by atoms with van der Waals surface area (Å²) in [5, 5.41) is 31.0. The molecule has 1 aromatic carbocycles. The van der Waals surface area contributed by atoms with Gasteiger partial charge in [-0.15, -0.1) is 0 Å². The maximum atomic E-state index is 10.7. The molecule has 0 saturated heterocycles. The maximum absolute atomic E-state index is 10.7. The van der Waals surface area contributed by atoms with Gasteiger partial charge in [-0.25, -0.2) is 0 Å². The Kier molecular flexibility index (Phi) is 4.68. The summed E-state index contributed by atoms with van der Waals surface area (Å²) < 4.78 is 5.16. The Morgan fingerprint density at radius 2 is 2.29 bits per heavy atom. The van der Waals surface area contributed by atoms with Crippen molar-refractivity contribution in [2.24, 2.45) is 0 Å². The quantitative estimate of drug-likeness (QED) is 0.491. The van der Waals surface area contributed by atoms with Gasteiger partial charge in [-0.3, -0.25) is 10.1 Å². The largest absolute Gasteiger partial charge is 0.491 e. The molecule has 17 heavy (non-hydrogen) atoms. The van der Waals surface area contributed by atoms with E-state index in [1.807, 2.05) is 0 Å². The Bertz CT molecular complexity index is 396. The van der Waals surface area contributed by atoms with E-state index in [2.05, 4.69) is 5.32 Å². The van der Waals surface area contributed by atoms with Crippen molar-refractivity contribution < 1.29 is 19.9 Å². The van der Waals surface area contributed by atoms with Crippen molar-refractivity contribution >= 4 is 11.4 Å². The molecule has 0 aliphatic rings. The van der Waals surface area contributed by atoms with Gasteiger partial charge in [-0.2, -0.15) is 0 Å². The molecule has 0 amide bonds. The monoisotopic (exact) mass is 242 g/mol. The predicted molar refractivity (Wildman–Crippen MR) is 61.2 cm³/mol. The number of anilines is 1. The second-order valence-electron chi connectivity index (χ2n) is 3.33. The van der Waals surface area contributed by atoms with Crippen LogP contribution in [0.1, 0.15) is 0 Å². The highest BCUT2D eigenvalue weighted by atomic mass is 16.6. The lowest BCUT2D eigenvalue weighted by molar-refractivity contribution is -0.384. The normalized spacial score (nSPS) is 11.9. The van der Waals surface area contributed by atoms with E-state index in [4.69, 9.17) is 14.9 Å². The Hall–Kier alpha value is -1.86. The van der Waals surface area contributed by atoms with Crippen molar-refractivity contribution in [3.63, 3.8) is 0 Å². The highest BCUT2D eigenvalue weighted by molar-refractivity contribution is 5.63. The molecule has 0 bridgehead atoms. The average molecular weight is 242 g/mol. The van der Waals surface area contributed by atoms with Gasteiger partial charge in [0.2, 0.25) is 0 Å². The summed E-state index contributed by atoms with van der Waals surface area (Å²) >= 11 is 0. The molecular weight excluding hydrogens is 228 g/mol. The Morgan fingerprint density at radius 3 is 2.82 bits per heavy atom. The summed E-state index contributed by atoms with van der Waals surface area (Å²) in [6, 6.07) is 4.21. The van der Waals surface area contributed by atoms with E-state index in [0.717, 1.165) is 0 Å². The molecule has 94 valence electrons. The van der Waals surface area contributed by atoms with Crippen LogP contribution in [-0.2, 0) is 0 Å². The van der Waals surface area contributed by atoms with Crippen LogP contribution in [0.4, 0.5) is 11.4 Å². The Labute approximate surface area is 97.8 Å². The first kappa shape index (κ1) is 13.2. The Balaban J connectivity index is 2.79. The number of hydrogen-bond donors (Lipinski definition) is 3. The molecule has 0 aliphatic heterocycles. The van der Waals surface area contributed by atoms with Crippen molar-refractivity contribution in [3.8, 4) is 5.75 Å². The molecule has 7 heteroatoms. The third kappa shape index (κ3) is 3.58. The molecule has 0 spiro atoms. The van der Waals surface area contributed by atoms with Crippen LogP contribution in [0.5, 0.6) is 5.75 Å². The fraction of sp³-hybridized carbons (Fsp3) is 0.400. The number of rotatable bonds is 6. The highest BCUT2D eigenvalue weighted by Crippen LogP contribution is 2.28. The highest BCUT2D eigenvalue weighted by Gasteiger charge is 2.13. The maximum Gasteiger partial charge on any atom is 0.292 e. The molecule has 0 aromatic heterocycles. The van der Waals surface area contributed by atoms with E-state index < -0.39 is 17.6 Å². The van der Waals surface area contributed by atoms with Crippen LogP contribution in [-0.4, -0.2) is 41.5 Å². The van der Waals surface area contributed by atoms with Crippen LogP contribution in [0.2, 0.25) is 0 Å². The molecule has 0 unspecified atom stereocenters. The van der Waals surface area contributed by atoms with E-state index >= 15 is 0 Å². The number of hydrogen-bond acceptors (Lipinski definition) is 6. The minimum Gasteiger partial charge on any atom is -0.491 e. The second-order valence-corrected chi connectivity index (χ2v) is 3.33. The number of ether oxygens (including phenoxy) is 1. The topological polar surface area (TPSA) is 105 Å². The summed E-state index contributed by atoms with van der Waals surface area (Å²) in [5.41, 5.74) is 0.272. The zero-order valence-electron chi connectivity index (χ0n) is 9.29. The second kappa shape index (κ2) is 6.02. The molecule has 0 heterocycles. The van der Waals surface area contributed by atoms with Gasteiger partial charge in [0.05, 0.1) is 11.5 Å². The molecule has 1 atom stereocenters. The number of nitrogens with zero attached hydrogens (tertiary/aromatic N) is 1. The molecule has 3 N–H and O–H groups in total. The van der Waals surface area contributed by atoms with Gasteiger partial charge in [0.25, 0.3) is 5.69 Å². The van der Waals surface area contributed by atoms with Crippen LogP contribution in [0.3, 0.4) is 0 Å². The average Bonchev–Trinajstić information content (AvgIpc) is 2.35. The first-order valence-corrected chi connectivity index (χ1v) is 4.96. The van der Waals surface area contributed by atoms with E-state index in [9.17, 15) is 10.1 Å². The molecule has 0 radical (unpaired) electrons. The van der Waals surface area contributed by atoms with Crippen LogP contribution >= 0.6 is 0 Å². The lowest BCUT2D eigenvalue weighted by atomic mass is 10.2. The summed E-state index contributed by atoms with van der Waals surface area (Å²) in [6.45, 7) is -0.469. The molecule has 0 fully saturated rings. The third-order valence-electron chi connectivity index (χ3n) is 2.09. The summed E-state index contributed by atoms with van der Waals surface area (Å²) in [6.07, 6.45) is -0.969. The molecule has 0 saturated carbocycles. The van der Waals surface area contributed by atoms with Gasteiger partial charge in [0.1, 0.15) is 24.1 Å². The van der Waals surface area contributed by atoms with Gasteiger partial charge in [-0.05, 0) is 6.07 Å². The van der Waals surface area contributed by atoms with Crippen molar-refractivity contribution in [2.45, 2.75) is 6.10 Å². The predicted octanol–water partition coefficient (Wildman–Crippen LogP) is 0.368. The molecular formula is C10H14N2O5. The number of nitrogens with one attached hydrogen (secondary N) is 1. The van der Waals surface area contributed by atoms with Crippen LogP contribution in [0.15, 0.2) is 18.2 Å². The Morgan fingerprint density at radius 1 is 1.59 bits per heavy atom. The fourth-order valence-electron chi connectivity index (χ4n) is 1.21. The summed E-state index contributed by atoms with van der Waals surface area (Å²) in [7, 11) is 1.56. The third-order valence-corrected chi connectivity index (χ3v) is 2.09. The van der Waals surface area contributed by atoms with Crippen LogP contribution in [0.25, 0.3) is 0 Å². The van der Waals surface area contributed by atoms with Crippen molar-refractivity contribution in [2.75, 3.05) is 25.6 Å². The number of aliphatic hydroxyl groups excluding tert-OH is 2. The standard InChI is InChI=1S/C10H14N2O5/c1-11-9-4-8(17-6-7(14)5-13)2-3-10(9)12(15)16/h2-4,7,11,13-14H,5-6H2,1H3/t7-/m1/s1. The fourth-order valence-corrected chi connectivity index (χ4v) is 1.21. The zero-order chi connectivity index (χ0) is 12.8. The number of aliphatic hydroxyl groups is 2. The number of nitro benzene ring substituents is 1. The minimum absolute atomic E-state index is 0.0532. The van der Waals surface area contributed by atoms with Crippen molar-refractivity contribution in [1.82, 2.24) is 0 Å². The molecule has 0 aliphatic carbocycles. The molecule has 7 nitrogen and oxygen atoms in total. The zero-order valence-corrected chi connectivity index (χ0v) is 9.29. The van der Waals surface area contributed by atoms with Crippen LogP contribution < -0.4 is 10.1 Å². The first-order chi connectivity index (χ1) is 8.08. The van der Waals surface area contributed by atoms with Crippen molar-refractivity contribution in [1.29, 1.82) is 0 Å². The van der Waals surface area contributed by atoms with Gasteiger partial charge in [0.15, 0.2) is 0 Å². The van der Waals surface area contributed by atoms with Gasteiger partial charge in [-0.1, -0.05) is 0 Å². The lowest BCUT2D eigenvalue weighted by Gasteiger charge is -2.11. The van der Waals surface area contributed by atoms with Crippen LogP contribution in [0, 0.1) is 10.1 Å². The first-order valence-electron chi connectivity index (χ1n) is 4.96. The van der Waals surface area contributed by atoms with E-state index in [-0.39, 0.29) is 12.3 Å². The van der Waals surface area contributed by atoms with E-state index in [1.54, 1.807) is 7.05 Å².